The van der Waals surface area contributed by atoms with E-state index in [1.54, 1.807) is 0 Å². The summed E-state index contributed by atoms with van der Waals surface area (Å²) in [5, 5.41) is 0. The molecule has 4 fully saturated rings. The highest BCUT2D eigenvalue weighted by atomic mass is 16.2. The molecule has 3 aromatic rings. The Morgan fingerprint density at radius 1 is 0.667 bits per heavy atom. The van der Waals surface area contributed by atoms with Crippen molar-refractivity contribution in [3.8, 4) is 5.69 Å². The van der Waals surface area contributed by atoms with Crippen LogP contribution in [0.3, 0.4) is 0 Å². The zero-order valence-electron chi connectivity index (χ0n) is 14.5. The van der Waals surface area contributed by atoms with E-state index in [2.05, 4.69) is 30.3 Å². The van der Waals surface area contributed by atoms with Crippen molar-refractivity contribution in [3.05, 3.63) is 87.2 Å². The molecule has 0 spiro atoms. The highest BCUT2D eigenvalue weighted by molar-refractivity contribution is 5.54. The smallest absolute Gasteiger partial charge is 0.245 e. The lowest BCUT2D eigenvalue weighted by molar-refractivity contribution is 0.112. The predicted molar refractivity (Wildman–Crippen MR) is 97.9 cm³/mol. The van der Waals surface area contributed by atoms with E-state index < -0.39 is 0 Å². The molecule has 0 amide bonds. The van der Waals surface area contributed by atoms with Crippen LogP contribution in [0.2, 0.25) is 0 Å². The van der Waals surface area contributed by atoms with Gasteiger partial charge in [-0.2, -0.15) is 0 Å². The van der Waals surface area contributed by atoms with Gasteiger partial charge in [-0.3, -0.25) is 0 Å². The van der Waals surface area contributed by atoms with Gasteiger partial charge in [0, 0.05) is 5.41 Å². The zero-order chi connectivity index (χ0) is 17.7. The minimum atomic E-state index is -0.153. The van der Waals surface area contributed by atoms with Crippen molar-refractivity contribution >= 4 is 0 Å². The number of hydrogen-bond acceptors (Lipinski definition) is 2. The second kappa shape index (κ2) is 3.75. The molecule has 0 saturated heterocycles. The van der Waals surface area contributed by atoms with Crippen molar-refractivity contribution in [2.75, 3.05) is 0 Å². The van der Waals surface area contributed by atoms with E-state index >= 15 is 0 Å². The van der Waals surface area contributed by atoms with Gasteiger partial charge in [-0.25, -0.2) is 23.5 Å². The Kier molecular flexibility index (Phi) is 1.85. The van der Waals surface area contributed by atoms with E-state index in [0.717, 1.165) is 0 Å². The third kappa shape index (κ3) is 1.10. The number of para-hydroxylation sites is 1. The first-order chi connectivity index (χ1) is 13.3. The summed E-state index contributed by atoms with van der Waals surface area (Å²) in [6.45, 7) is 0. The molecular formula is C22H17N3O2. The van der Waals surface area contributed by atoms with E-state index in [1.807, 2.05) is 39.7 Å². The third-order valence-electron chi connectivity index (χ3n) is 8.45. The van der Waals surface area contributed by atoms with Crippen LogP contribution in [0.25, 0.3) is 5.69 Å². The molecule has 27 heavy (non-hydrogen) atoms. The molecule has 2 aromatic carbocycles. The molecule has 3 heterocycles. The summed E-state index contributed by atoms with van der Waals surface area (Å²) in [5.74, 6) is 2.92. The van der Waals surface area contributed by atoms with Gasteiger partial charge in [0.05, 0.1) is 17.8 Å². The summed E-state index contributed by atoms with van der Waals surface area (Å²) in [6.07, 6.45) is 0. The van der Waals surface area contributed by atoms with Gasteiger partial charge < -0.3 is 0 Å². The Hall–Kier alpha value is -2.82. The fourth-order valence-electron chi connectivity index (χ4n) is 8.00. The maximum absolute atomic E-state index is 13.3. The van der Waals surface area contributed by atoms with Gasteiger partial charge in [-0.15, -0.1) is 0 Å². The molecule has 1 aromatic heterocycles. The lowest BCUT2D eigenvalue weighted by atomic mass is 9.89. The molecule has 6 aliphatic rings. The van der Waals surface area contributed by atoms with Gasteiger partial charge in [0.2, 0.25) is 0 Å². The molecule has 2 aliphatic heterocycles. The van der Waals surface area contributed by atoms with E-state index in [0.29, 0.717) is 35.3 Å². The van der Waals surface area contributed by atoms with Gasteiger partial charge in [0.25, 0.3) is 0 Å². The van der Waals surface area contributed by atoms with Crippen molar-refractivity contribution < 1.29 is 0 Å². The van der Waals surface area contributed by atoms with Gasteiger partial charge >= 0.3 is 11.4 Å². The minimum Gasteiger partial charge on any atom is -0.245 e. The van der Waals surface area contributed by atoms with Gasteiger partial charge in [0.1, 0.15) is 0 Å². The molecule has 4 saturated carbocycles. The molecule has 5 heteroatoms. The number of hydrogen-bond donors (Lipinski definition) is 0. The quantitative estimate of drug-likeness (QED) is 0.706. The summed E-state index contributed by atoms with van der Waals surface area (Å²) in [5.41, 5.74) is 2.03. The van der Waals surface area contributed by atoms with Crippen LogP contribution in [-0.2, 0) is 5.41 Å². The van der Waals surface area contributed by atoms with Gasteiger partial charge in [-0.1, -0.05) is 48.5 Å². The summed E-state index contributed by atoms with van der Waals surface area (Å²) in [6, 6.07) is 20.6. The monoisotopic (exact) mass is 355 g/mol. The second-order valence-electron chi connectivity index (χ2n) is 8.94. The Balaban J connectivity index is 1.38. The highest BCUT2D eigenvalue weighted by Gasteiger charge is 2.97. The molecule has 2 bridgehead atoms. The van der Waals surface area contributed by atoms with Crippen molar-refractivity contribution in [1.82, 2.24) is 13.9 Å². The molecule has 9 rings (SSSR count). The van der Waals surface area contributed by atoms with Crippen LogP contribution < -0.4 is 11.4 Å². The Labute approximate surface area is 154 Å². The van der Waals surface area contributed by atoms with Gasteiger partial charge in [0.15, 0.2) is 0 Å². The standard InChI is InChI=1S/C22H17N3O2/c26-20-23(12-9-5-2-6-10-12)21(27)25-19-14-13-15(14)22(11-7-3-1-4-8-11)16(17(19)22)18(13)24(20)25/h1-10,13-19H/t13-,14+,15?,16-,17+,18-,19-,22?/m0/s1. The van der Waals surface area contributed by atoms with Crippen LogP contribution in [0.1, 0.15) is 17.6 Å². The van der Waals surface area contributed by atoms with E-state index in [-0.39, 0.29) is 28.9 Å². The first-order valence-corrected chi connectivity index (χ1v) is 9.85. The molecular weight excluding hydrogens is 338 g/mol. The van der Waals surface area contributed by atoms with Crippen LogP contribution >= 0.6 is 0 Å². The zero-order valence-corrected chi connectivity index (χ0v) is 14.5. The first-order valence-electron chi connectivity index (χ1n) is 9.85. The average Bonchev–Trinajstić information content (AvgIpc) is 3.53. The van der Waals surface area contributed by atoms with Crippen LogP contribution in [-0.4, -0.2) is 13.9 Å². The maximum atomic E-state index is 13.3. The Bertz CT molecular complexity index is 1210. The average molecular weight is 355 g/mol. The molecule has 0 N–H and O–H groups in total. The van der Waals surface area contributed by atoms with Crippen LogP contribution in [0.5, 0.6) is 0 Å². The summed E-state index contributed by atoms with van der Waals surface area (Å²) < 4.78 is 5.07. The largest absolute Gasteiger partial charge is 0.352 e. The van der Waals surface area contributed by atoms with Gasteiger partial charge in [-0.05, 0) is 47.3 Å². The number of benzene rings is 2. The van der Waals surface area contributed by atoms with Crippen molar-refractivity contribution in [2.24, 2.45) is 29.6 Å². The third-order valence-corrected chi connectivity index (χ3v) is 8.45. The normalized spacial score (nSPS) is 42.9. The van der Waals surface area contributed by atoms with Crippen molar-refractivity contribution in [3.63, 3.8) is 0 Å². The highest BCUT2D eigenvalue weighted by Crippen LogP contribution is 2.97. The SMILES string of the molecule is O=c1n(-c2ccccc2)c(=O)n2n1[C@H]1[C@@H]3C4[C@@H]3[C@H]2[C@H]2[C@@H]1C42c1ccccc1. The van der Waals surface area contributed by atoms with E-state index in [1.165, 1.54) is 10.1 Å². The van der Waals surface area contributed by atoms with Crippen LogP contribution in [0, 0.1) is 29.6 Å². The van der Waals surface area contributed by atoms with Crippen LogP contribution in [0.15, 0.2) is 70.3 Å². The first kappa shape index (κ1) is 13.4. The molecule has 132 valence electrons. The Morgan fingerprint density at radius 2 is 1.19 bits per heavy atom. The van der Waals surface area contributed by atoms with E-state index in [9.17, 15) is 9.59 Å². The molecule has 2 unspecified atom stereocenters. The maximum Gasteiger partial charge on any atom is 0.352 e. The number of aromatic nitrogens is 3. The fourth-order valence-corrected chi connectivity index (χ4v) is 8.00. The van der Waals surface area contributed by atoms with Crippen molar-refractivity contribution in [1.29, 1.82) is 0 Å². The lowest BCUT2D eigenvalue weighted by Crippen LogP contribution is -2.45. The number of rotatable bonds is 2. The number of nitrogens with zero attached hydrogens (tertiary/aromatic N) is 3. The van der Waals surface area contributed by atoms with E-state index in [4.69, 9.17) is 0 Å². The Morgan fingerprint density at radius 3 is 1.74 bits per heavy atom. The molecule has 0 radical (unpaired) electrons. The minimum absolute atomic E-state index is 0.153. The lowest BCUT2D eigenvalue weighted by Gasteiger charge is -2.36. The fraction of sp³-hybridized carbons (Fsp3) is 0.364. The predicted octanol–water partition coefficient (Wildman–Crippen LogP) is 1.97. The summed E-state index contributed by atoms with van der Waals surface area (Å²) in [7, 11) is 0. The molecule has 4 aliphatic carbocycles. The van der Waals surface area contributed by atoms with Crippen molar-refractivity contribution in [2.45, 2.75) is 17.5 Å². The summed E-state index contributed by atoms with van der Waals surface area (Å²) >= 11 is 0. The van der Waals surface area contributed by atoms with Crippen LogP contribution in [0.4, 0.5) is 0 Å². The topological polar surface area (TPSA) is 48.9 Å². The summed E-state index contributed by atoms with van der Waals surface area (Å²) in [4.78, 5) is 26.6. The molecule has 8 atom stereocenters. The molecule has 5 nitrogen and oxygen atoms in total. The second-order valence-corrected chi connectivity index (χ2v) is 8.94.